The van der Waals surface area contributed by atoms with Crippen LogP contribution in [0.25, 0.3) is 10.8 Å². The van der Waals surface area contributed by atoms with Gasteiger partial charge in [0.15, 0.2) is 34.7 Å². The maximum atomic E-state index is 14.6. The van der Waals surface area contributed by atoms with Gasteiger partial charge in [-0.25, -0.2) is 4.79 Å². The Balaban J connectivity index is 1.45. The number of phenols is 1. The first kappa shape index (κ1) is 33.7. The number of likely N-dealkylation sites (N-methyl/N-ethyl adjacent to an activating group) is 1. The number of aromatic hydroxyl groups is 1. The second-order valence-electron chi connectivity index (χ2n) is 14.4. The Morgan fingerprint density at radius 2 is 1.55 bits per heavy atom. The monoisotopic (exact) mass is 669 g/mol. The summed E-state index contributed by atoms with van der Waals surface area (Å²) in [6, 6.07) is 12.4. The van der Waals surface area contributed by atoms with Crippen molar-refractivity contribution in [3.05, 3.63) is 59.7 Å². The summed E-state index contributed by atoms with van der Waals surface area (Å²) >= 11 is 0. The number of Topliss-reactive ketones (excluding diaryl/α,β-unsaturated/α-hetero) is 4. The first-order chi connectivity index (χ1) is 22.9. The predicted octanol–water partition coefficient (Wildman–Crippen LogP) is 2.51. The summed E-state index contributed by atoms with van der Waals surface area (Å²) in [6.45, 7) is 3.14. The molecule has 2 fully saturated rings. The van der Waals surface area contributed by atoms with E-state index in [0.29, 0.717) is 16.9 Å². The highest BCUT2D eigenvalue weighted by atomic mass is 16.3. The lowest BCUT2D eigenvalue weighted by Crippen LogP contribution is -2.79. The summed E-state index contributed by atoms with van der Waals surface area (Å²) < 4.78 is 0. The molecule has 13 heteroatoms. The van der Waals surface area contributed by atoms with Crippen LogP contribution in [-0.4, -0.2) is 90.0 Å². The summed E-state index contributed by atoms with van der Waals surface area (Å²) in [7, 11) is 6.52. The van der Waals surface area contributed by atoms with Crippen molar-refractivity contribution in [2.45, 2.75) is 38.3 Å². The van der Waals surface area contributed by atoms with E-state index in [4.69, 9.17) is 5.73 Å². The molecule has 3 aliphatic carbocycles. The third-order valence-corrected chi connectivity index (χ3v) is 10.7. The first-order valence-electron chi connectivity index (χ1n) is 15.9. The molecule has 6 rings (SSSR count). The summed E-state index contributed by atoms with van der Waals surface area (Å²) in [5.41, 5.74) is 0.632. The molecule has 13 nitrogen and oxygen atoms in total. The molecule has 6 atom stereocenters. The van der Waals surface area contributed by atoms with Crippen LogP contribution in [0.4, 0.5) is 21.9 Å². The molecular weight excluding hydrogens is 630 g/mol. The number of primary amides is 1. The highest BCUT2D eigenvalue weighted by Gasteiger charge is 2.76. The molecule has 256 valence electrons. The van der Waals surface area contributed by atoms with E-state index >= 15 is 0 Å². The number of aliphatic hydroxyl groups is 1. The quantitative estimate of drug-likeness (QED) is 0.199. The maximum absolute atomic E-state index is 14.6. The Hall–Kier alpha value is -5.14. The highest BCUT2D eigenvalue weighted by Crippen LogP contribution is 2.62. The van der Waals surface area contributed by atoms with Gasteiger partial charge in [0.25, 0.3) is 0 Å². The van der Waals surface area contributed by atoms with Crippen LogP contribution in [-0.2, 0) is 25.6 Å². The van der Waals surface area contributed by atoms with E-state index in [2.05, 4.69) is 10.6 Å². The van der Waals surface area contributed by atoms with E-state index < -0.39 is 75.1 Å². The van der Waals surface area contributed by atoms with Crippen LogP contribution >= 0.6 is 0 Å². The van der Waals surface area contributed by atoms with Gasteiger partial charge in [-0.3, -0.25) is 28.9 Å². The second kappa shape index (κ2) is 11.2. The molecule has 0 heterocycles. The van der Waals surface area contributed by atoms with Gasteiger partial charge in [-0.05, 0) is 55.4 Å². The van der Waals surface area contributed by atoms with Crippen molar-refractivity contribution in [3.8, 4) is 5.75 Å². The topological polar surface area (TPSA) is 199 Å². The summed E-state index contributed by atoms with van der Waals surface area (Å²) in [5.74, 6) is -9.80. The normalized spacial score (nSPS) is 29.3. The van der Waals surface area contributed by atoms with E-state index in [1.54, 1.807) is 38.1 Å². The van der Waals surface area contributed by atoms with Crippen LogP contribution < -0.4 is 21.3 Å². The number of rotatable bonds is 5. The lowest BCUT2D eigenvalue weighted by atomic mass is 9.42. The number of phenolic OH excluding ortho intramolecular Hbond substituents is 1. The molecule has 0 bridgehead atoms. The number of fused-ring (bicyclic) bond motifs is 4. The van der Waals surface area contributed by atoms with Crippen molar-refractivity contribution in [1.82, 2.24) is 4.90 Å². The molecule has 49 heavy (non-hydrogen) atoms. The van der Waals surface area contributed by atoms with Crippen LogP contribution in [0.5, 0.6) is 5.75 Å². The lowest BCUT2D eigenvalue weighted by molar-refractivity contribution is -0.203. The van der Waals surface area contributed by atoms with Crippen molar-refractivity contribution in [1.29, 1.82) is 0 Å². The molecular formula is C36H39N5O8. The third-order valence-electron chi connectivity index (χ3n) is 10.7. The second-order valence-corrected chi connectivity index (χ2v) is 14.4. The van der Waals surface area contributed by atoms with Crippen LogP contribution in [0.3, 0.4) is 0 Å². The van der Waals surface area contributed by atoms with Crippen molar-refractivity contribution in [2.75, 3.05) is 43.7 Å². The van der Waals surface area contributed by atoms with E-state index in [1.165, 1.54) is 32.0 Å². The zero-order valence-electron chi connectivity index (χ0n) is 28.1. The summed E-state index contributed by atoms with van der Waals surface area (Å²) in [6.07, 6.45) is -0.0908. The fraction of sp³-hybridized carbons (Fsp3) is 0.389. The van der Waals surface area contributed by atoms with Gasteiger partial charge >= 0.3 is 6.03 Å². The van der Waals surface area contributed by atoms with Gasteiger partial charge in [-0.1, -0.05) is 50.2 Å². The van der Waals surface area contributed by atoms with Crippen LogP contribution in [0.15, 0.2) is 48.5 Å². The molecule has 0 aliphatic heterocycles. The minimum absolute atomic E-state index is 0.0431. The lowest BCUT2D eigenvalue weighted by Gasteiger charge is -2.61. The number of carbonyl (C=O) groups excluding carboxylic acids is 6. The minimum Gasteiger partial charge on any atom is -0.505 e. The number of benzene rings is 3. The Kier molecular flexibility index (Phi) is 7.72. The first-order valence-corrected chi connectivity index (χ1v) is 15.9. The number of carbonyl (C=O) groups is 6. The van der Waals surface area contributed by atoms with Crippen molar-refractivity contribution >= 4 is 62.9 Å². The number of nitrogens with one attached hydrogen (secondary N) is 2. The molecule has 2 saturated carbocycles. The van der Waals surface area contributed by atoms with Crippen LogP contribution in [0.2, 0.25) is 0 Å². The zero-order valence-corrected chi connectivity index (χ0v) is 28.1. The van der Waals surface area contributed by atoms with Gasteiger partial charge in [-0.2, -0.15) is 0 Å². The SMILES string of the molecule is CN(C)c1cc(NC(=O)Nc2cccc3ccccc23)c(O)c2c1C[C@@]1(C)C[C@@]3(C)[C@H](N(C)C)C(=O)C(C(N)=O)C(=O)[C@@]3(O)C(=O)C1C2=O. The van der Waals surface area contributed by atoms with Crippen molar-refractivity contribution in [3.63, 3.8) is 0 Å². The van der Waals surface area contributed by atoms with Crippen LogP contribution in [0, 0.1) is 22.7 Å². The van der Waals surface area contributed by atoms with Gasteiger partial charge in [0.1, 0.15) is 5.75 Å². The van der Waals surface area contributed by atoms with Crippen molar-refractivity contribution in [2.24, 2.45) is 28.4 Å². The Bertz CT molecular complexity index is 2000. The fourth-order valence-corrected chi connectivity index (χ4v) is 8.87. The summed E-state index contributed by atoms with van der Waals surface area (Å²) in [4.78, 5) is 85.4. The largest absolute Gasteiger partial charge is 0.505 e. The van der Waals surface area contributed by atoms with E-state index in [-0.39, 0.29) is 24.1 Å². The Morgan fingerprint density at radius 1 is 0.918 bits per heavy atom. The van der Waals surface area contributed by atoms with Gasteiger partial charge in [-0.15, -0.1) is 0 Å². The number of nitrogens with two attached hydrogens (primary N) is 1. The van der Waals surface area contributed by atoms with Crippen LogP contribution in [0.1, 0.15) is 36.2 Å². The molecule has 0 saturated heterocycles. The van der Waals surface area contributed by atoms with E-state index in [9.17, 15) is 39.0 Å². The number of urea groups is 1. The van der Waals surface area contributed by atoms with Gasteiger partial charge in [0, 0.05) is 30.6 Å². The molecule has 3 aliphatic rings. The molecule has 3 aromatic rings. The van der Waals surface area contributed by atoms with Gasteiger partial charge in [0.05, 0.1) is 28.9 Å². The molecule has 6 N–H and O–H groups in total. The molecule has 3 amide bonds. The number of hydrogen-bond donors (Lipinski definition) is 5. The maximum Gasteiger partial charge on any atom is 0.323 e. The number of ketones is 4. The van der Waals surface area contributed by atoms with Gasteiger partial charge in [0.2, 0.25) is 5.91 Å². The summed E-state index contributed by atoms with van der Waals surface area (Å²) in [5, 5.41) is 30.9. The molecule has 0 aromatic heterocycles. The standard InChI is InChI=1S/C36H39N5O8/c1-34-15-19-22(40(3)4)14-21(39-33(48)38-20-13-9-11-17-10-7-8-12-18(17)20)26(42)23(19)27(43)25(34)31(46)36(49)30(45)24(32(37)47)28(44)29(41(5)6)35(36,2)16-34/h7-14,24-25,29,42,49H,15-16H2,1-6H3,(H2,37,47)(H2,38,39,48)/t24?,25?,29-,34+,35+,36-/m1/s1. The molecule has 0 radical (unpaired) electrons. The Labute approximate surface area is 282 Å². The minimum atomic E-state index is -2.92. The average Bonchev–Trinajstić information content (AvgIpc) is 3.00. The highest BCUT2D eigenvalue weighted by molar-refractivity contribution is 6.33. The number of anilines is 3. The molecule has 3 aromatic carbocycles. The predicted molar refractivity (Wildman–Crippen MR) is 182 cm³/mol. The zero-order chi connectivity index (χ0) is 36.0. The van der Waals surface area contributed by atoms with E-state index in [0.717, 1.165) is 10.8 Å². The average molecular weight is 670 g/mol. The number of hydrogen-bond acceptors (Lipinski definition) is 10. The number of nitrogens with zero attached hydrogens (tertiary/aromatic N) is 2. The van der Waals surface area contributed by atoms with Gasteiger partial charge < -0.3 is 31.5 Å². The third kappa shape index (κ3) is 4.66. The Morgan fingerprint density at radius 3 is 2.18 bits per heavy atom. The number of amides is 3. The molecule has 0 spiro atoms. The fourth-order valence-electron chi connectivity index (χ4n) is 8.87. The van der Waals surface area contributed by atoms with Crippen molar-refractivity contribution < 1.29 is 39.0 Å². The molecule has 2 unspecified atom stereocenters. The smallest absolute Gasteiger partial charge is 0.323 e. The van der Waals surface area contributed by atoms with E-state index in [1.807, 2.05) is 30.3 Å².